The van der Waals surface area contributed by atoms with E-state index in [1.54, 1.807) is 19.1 Å². The van der Waals surface area contributed by atoms with Crippen LogP contribution < -0.4 is 4.90 Å². The number of rotatable bonds is 2. The van der Waals surface area contributed by atoms with Gasteiger partial charge in [-0.15, -0.1) is 0 Å². The normalized spacial score (nSPS) is 17.9. The Kier molecular flexibility index (Phi) is 4.44. The quantitative estimate of drug-likeness (QED) is 0.808. The van der Waals surface area contributed by atoms with E-state index in [0.29, 0.717) is 6.54 Å². The molecule has 1 aromatic carbocycles. The molecule has 1 aromatic rings. The third-order valence-corrected chi connectivity index (χ3v) is 4.00. The first-order chi connectivity index (χ1) is 9.29. The molecule has 0 aromatic heterocycles. The van der Waals surface area contributed by atoms with E-state index in [1.165, 1.54) is 6.08 Å². The van der Waals surface area contributed by atoms with Crippen molar-refractivity contribution in [1.82, 2.24) is 0 Å². The van der Waals surface area contributed by atoms with Gasteiger partial charge < -0.3 is 10.0 Å². The third-order valence-electron chi connectivity index (χ3n) is 3.37. The van der Waals surface area contributed by atoms with Gasteiger partial charge in [-0.2, -0.15) is 13.2 Å². The van der Waals surface area contributed by atoms with Crippen LogP contribution in [0.5, 0.6) is 0 Å². The zero-order chi connectivity index (χ0) is 14.9. The van der Waals surface area contributed by atoms with Crippen molar-refractivity contribution in [2.75, 3.05) is 18.0 Å². The molecule has 1 atom stereocenters. The average Bonchev–Trinajstić information content (AvgIpc) is 2.37. The van der Waals surface area contributed by atoms with Gasteiger partial charge in [0, 0.05) is 23.1 Å². The van der Waals surface area contributed by atoms with Crippen LogP contribution in [0.3, 0.4) is 0 Å². The molecular formula is C14H15BrF3NO. The average molecular weight is 350 g/mol. The highest BCUT2D eigenvalue weighted by Crippen LogP contribution is 2.34. The molecule has 0 saturated carbocycles. The predicted molar refractivity (Wildman–Crippen MR) is 75.7 cm³/mol. The van der Waals surface area contributed by atoms with Gasteiger partial charge in [-0.25, -0.2) is 0 Å². The van der Waals surface area contributed by atoms with Crippen molar-refractivity contribution in [3.63, 3.8) is 0 Å². The molecule has 2 nitrogen and oxygen atoms in total. The van der Waals surface area contributed by atoms with Crippen molar-refractivity contribution in [2.24, 2.45) is 0 Å². The third kappa shape index (κ3) is 3.35. The lowest BCUT2D eigenvalue weighted by Gasteiger charge is -2.30. The summed E-state index contributed by atoms with van der Waals surface area (Å²) < 4.78 is 38.5. The molecule has 1 heterocycles. The number of hydrogen-bond donors (Lipinski definition) is 1. The van der Waals surface area contributed by atoms with Crippen molar-refractivity contribution < 1.29 is 18.3 Å². The number of anilines is 1. The summed E-state index contributed by atoms with van der Waals surface area (Å²) in [7, 11) is 0. The van der Waals surface area contributed by atoms with Crippen molar-refractivity contribution in [3.8, 4) is 0 Å². The van der Waals surface area contributed by atoms with Gasteiger partial charge in [0.1, 0.15) is 0 Å². The molecule has 0 saturated heterocycles. The first-order valence-corrected chi connectivity index (χ1v) is 7.07. The van der Waals surface area contributed by atoms with Gasteiger partial charge in [-0.3, -0.25) is 0 Å². The number of nitrogens with zero attached hydrogens (tertiary/aromatic N) is 1. The summed E-state index contributed by atoms with van der Waals surface area (Å²) in [5.74, 6) is 0. The minimum atomic E-state index is -4.22. The molecule has 1 aliphatic heterocycles. The molecule has 6 heteroatoms. The second-order valence-corrected chi connectivity index (χ2v) is 5.66. The van der Waals surface area contributed by atoms with Crippen LogP contribution in [0.4, 0.5) is 18.9 Å². The molecule has 0 aliphatic carbocycles. The van der Waals surface area contributed by atoms with Crippen LogP contribution >= 0.6 is 15.9 Å². The van der Waals surface area contributed by atoms with Crippen LogP contribution in [0.25, 0.3) is 0 Å². The van der Waals surface area contributed by atoms with Gasteiger partial charge in [0.25, 0.3) is 0 Å². The van der Waals surface area contributed by atoms with Crippen molar-refractivity contribution in [2.45, 2.75) is 25.6 Å². The lowest BCUT2D eigenvalue weighted by Crippen LogP contribution is -2.32. The Labute approximate surface area is 124 Å². The van der Waals surface area contributed by atoms with Gasteiger partial charge in [0.15, 0.2) is 0 Å². The van der Waals surface area contributed by atoms with Crippen LogP contribution in [0, 0.1) is 0 Å². The summed E-state index contributed by atoms with van der Waals surface area (Å²) in [5.41, 5.74) is 1.15. The second kappa shape index (κ2) is 5.77. The molecule has 0 fully saturated rings. The number of aliphatic hydroxyl groups is 1. The Morgan fingerprint density at radius 1 is 1.35 bits per heavy atom. The monoisotopic (exact) mass is 349 g/mol. The molecule has 1 aliphatic rings. The number of aliphatic hydroxyl groups excluding tert-OH is 1. The Morgan fingerprint density at radius 2 is 2.05 bits per heavy atom. The van der Waals surface area contributed by atoms with Crippen molar-refractivity contribution in [3.05, 3.63) is 39.9 Å². The van der Waals surface area contributed by atoms with Gasteiger partial charge in [0.05, 0.1) is 11.8 Å². The van der Waals surface area contributed by atoms with E-state index < -0.39 is 17.9 Å². The fourth-order valence-electron chi connectivity index (χ4n) is 2.18. The molecule has 20 heavy (non-hydrogen) atoms. The van der Waals surface area contributed by atoms with E-state index in [2.05, 4.69) is 15.9 Å². The maximum atomic E-state index is 12.6. The van der Waals surface area contributed by atoms with Gasteiger partial charge >= 0.3 is 6.18 Å². The molecule has 1 N–H and O–H groups in total. The summed E-state index contributed by atoms with van der Waals surface area (Å²) >= 11 is 3.41. The number of alkyl halides is 3. The predicted octanol–water partition coefficient (Wildman–Crippen LogP) is 4.20. The van der Waals surface area contributed by atoms with Crippen LogP contribution in [0.2, 0.25) is 0 Å². The zero-order valence-corrected chi connectivity index (χ0v) is 12.5. The number of hydrogen-bond acceptors (Lipinski definition) is 2. The first kappa shape index (κ1) is 15.4. The molecule has 0 spiro atoms. The minimum Gasteiger partial charge on any atom is -0.389 e. The summed E-state index contributed by atoms with van der Waals surface area (Å²) in [5, 5.41) is 9.50. The Bertz CT molecular complexity index is 526. The smallest absolute Gasteiger partial charge is 0.389 e. The maximum absolute atomic E-state index is 12.6. The van der Waals surface area contributed by atoms with Crippen molar-refractivity contribution >= 4 is 21.6 Å². The lowest BCUT2D eigenvalue weighted by atomic mass is 10.1. The molecule has 0 unspecified atom stereocenters. The van der Waals surface area contributed by atoms with Gasteiger partial charge in [0.2, 0.25) is 0 Å². The summed E-state index contributed by atoms with van der Waals surface area (Å²) in [6.07, 6.45) is -3.56. The highest BCUT2D eigenvalue weighted by molar-refractivity contribution is 9.10. The van der Waals surface area contributed by atoms with Crippen LogP contribution in [0.1, 0.15) is 25.0 Å². The number of halogens is 4. The van der Waals surface area contributed by atoms with Crippen LogP contribution in [-0.2, 0) is 0 Å². The van der Waals surface area contributed by atoms with E-state index in [9.17, 15) is 18.3 Å². The maximum Gasteiger partial charge on any atom is 0.412 e. The SMILES string of the molecule is C[C@@H](O)c1ccc(N2CC=C(C(F)(F)F)CC2)c(Br)c1. The van der Waals surface area contributed by atoms with E-state index in [-0.39, 0.29) is 13.0 Å². The van der Waals surface area contributed by atoms with Gasteiger partial charge in [-0.05, 0) is 47.0 Å². The lowest BCUT2D eigenvalue weighted by molar-refractivity contribution is -0.0944. The Hall–Kier alpha value is -1.01. The fourth-order valence-corrected chi connectivity index (χ4v) is 2.83. The summed E-state index contributed by atoms with van der Waals surface area (Å²) in [6.45, 7) is 2.24. The highest BCUT2D eigenvalue weighted by atomic mass is 79.9. The van der Waals surface area contributed by atoms with Crippen molar-refractivity contribution in [1.29, 1.82) is 0 Å². The Balaban J connectivity index is 2.17. The molecule has 110 valence electrons. The second-order valence-electron chi connectivity index (χ2n) is 4.81. The first-order valence-electron chi connectivity index (χ1n) is 6.27. The fraction of sp³-hybridized carbons (Fsp3) is 0.429. The standard InChI is InChI=1S/C14H15BrF3NO/c1-9(20)10-2-3-13(12(15)8-10)19-6-4-11(5-7-19)14(16,17)18/h2-4,8-9,20H,5-7H2,1H3/t9-/m1/s1. The highest BCUT2D eigenvalue weighted by Gasteiger charge is 2.34. The molecule has 2 rings (SSSR count). The van der Waals surface area contributed by atoms with Gasteiger partial charge in [-0.1, -0.05) is 12.1 Å². The minimum absolute atomic E-state index is 0.00586. The van der Waals surface area contributed by atoms with E-state index in [4.69, 9.17) is 0 Å². The van der Waals surface area contributed by atoms with E-state index in [1.807, 2.05) is 11.0 Å². The molecular weight excluding hydrogens is 335 g/mol. The largest absolute Gasteiger partial charge is 0.412 e. The Morgan fingerprint density at radius 3 is 2.50 bits per heavy atom. The summed E-state index contributed by atoms with van der Waals surface area (Å²) in [4.78, 5) is 1.88. The molecule has 0 radical (unpaired) electrons. The molecule has 0 bridgehead atoms. The van der Waals surface area contributed by atoms with E-state index in [0.717, 1.165) is 15.7 Å². The number of benzene rings is 1. The van der Waals surface area contributed by atoms with E-state index >= 15 is 0 Å². The zero-order valence-electron chi connectivity index (χ0n) is 10.9. The topological polar surface area (TPSA) is 23.5 Å². The summed E-state index contributed by atoms with van der Waals surface area (Å²) in [6, 6.07) is 5.40. The van der Waals surface area contributed by atoms with Crippen LogP contribution in [0.15, 0.2) is 34.3 Å². The molecule has 0 amide bonds. The van der Waals surface area contributed by atoms with Crippen LogP contribution in [-0.4, -0.2) is 24.4 Å².